The summed E-state index contributed by atoms with van der Waals surface area (Å²) >= 11 is 1.37. The molecule has 24 heavy (non-hydrogen) atoms. The number of imide groups is 1. The molecular weight excluding hydrogens is 335 g/mol. The number of thiazole rings is 1. The van der Waals surface area contributed by atoms with E-state index >= 15 is 0 Å². The summed E-state index contributed by atoms with van der Waals surface area (Å²) in [5, 5.41) is 9.58. The fourth-order valence-electron chi connectivity index (χ4n) is 2.18. The lowest BCUT2D eigenvalue weighted by molar-refractivity contribution is -0.126. The van der Waals surface area contributed by atoms with Crippen LogP contribution in [0, 0.1) is 5.82 Å². The molecule has 1 saturated heterocycles. The van der Waals surface area contributed by atoms with Crippen molar-refractivity contribution in [3.8, 4) is 11.3 Å². The fourth-order valence-corrected chi connectivity index (χ4v) is 2.92. The van der Waals surface area contributed by atoms with E-state index in [4.69, 9.17) is 0 Å². The lowest BCUT2D eigenvalue weighted by Crippen LogP contribution is -2.36. The Bertz CT molecular complexity index is 790. The Balaban J connectivity index is 1.53. The molecule has 0 radical (unpaired) electrons. The van der Waals surface area contributed by atoms with Crippen molar-refractivity contribution in [3.05, 3.63) is 40.5 Å². The lowest BCUT2D eigenvalue weighted by Gasteiger charge is -2.07. The smallest absolute Gasteiger partial charge is 0.322 e. The van der Waals surface area contributed by atoms with Gasteiger partial charge in [-0.2, -0.15) is 0 Å². The molecule has 7 nitrogen and oxygen atoms in total. The Morgan fingerprint density at radius 2 is 2.04 bits per heavy atom. The molecule has 9 heteroatoms. The van der Waals surface area contributed by atoms with Crippen LogP contribution in [-0.2, 0) is 16.1 Å². The van der Waals surface area contributed by atoms with Crippen LogP contribution in [0.25, 0.3) is 11.3 Å². The zero-order valence-corrected chi connectivity index (χ0v) is 13.2. The van der Waals surface area contributed by atoms with Crippen LogP contribution >= 0.6 is 11.3 Å². The number of benzene rings is 1. The monoisotopic (exact) mass is 348 g/mol. The van der Waals surface area contributed by atoms with Gasteiger partial charge in [0, 0.05) is 10.9 Å². The Labute approximate surface area is 140 Å². The molecule has 3 N–H and O–H groups in total. The van der Waals surface area contributed by atoms with Crippen molar-refractivity contribution in [3.63, 3.8) is 0 Å². The van der Waals surface area contributed by atoms with E-state index in [1.165, 1.54) is 23.5 Å². The molecule has 1 atom stereocenters. The number of carbonyl (C=O) groups is 3. The van der Waals surface area contributed by atoms with Crippen LogP contribution in [0.5, 0.6) is 0 Å². The number of nitrogens with one attached hydrogen (secondary N) is 3. The number of rotatable bonds is 5. The van der Waals surface area contributed by atoms with Crippen LogP contribution in [0.4, 0.5) is 9.18 Å². The highest BCUT2D eigenvalue weighted by Crippen LogP contribution is 2.22. The number of carbonyl (C=O) groups excluding carboxylic acids is 3. The molecule has 0 unspecified atom stereocenters. The van der Waals surface area contributed by atoms with Gasteiger partial charge in [-0.3, -0.25) is 14.9 Å². The number of amides is 4. The van der Waals surface area contributed by atoms with Crippen LogP contribution in [0.1, 0.15) is 11.4 Å². The number of hydrogen-bond donors (Lipinski definition) is 3. The third-order valence-corrected chi connectivity index (χ3v) is 4.23. The Morgan fingerprint density at radius 1 is 1.29 bits per heavy atom. The second kappa shape index (κ2) is 6.75. The van der Waals surface area contributed by atoms with Crippen molar-refractivity contribution in [1.82, 2.24) is 20.9 Å². The van der Waals surface area contributed by atoms with Crippen molar-refractivity contribution in [1.29, 1.82) is 0 Å². The lowest BCUT2D eigenvalue weighted by atomic mass is 10.2. The zero-order chi connectivity index (χ0) is 17.1. The molecule has 0 aliphatic carbocycles. The van der Waals surface area contributed by atoms with Gasteiger partial charge < -0.3 is 10.6 Å². The highest BCUT2D eigenvalue weighted by molar-refractivity contribution is 7.09. The van der Waals surface area contributed by atoms with Crippen molar-refractivity contribution in [2.45, 2.75) is 19.0 Å². The van der Waals surface area contributed by atoms with Gasteiger partial charge in [-0.25, -0.2) is 14.2 Å². The predicted molar refractivity (Wildman–Crippen MR) is 84.4 cm³/mol. The molecule has 0 spiro atoms. The molecule has 1 fully saturated rings. The van der Waals surface area contributed by atoms with Gasteiger partial charge in [0.25, 0.3) is 5.91 Å². The maximum Gasteiger partial charge on any atom is 0.322 e. The molecule has 1 aromatic heterocycles. The quantitative estimate of drug-likeness (QED) is 0.706. The van der Waals surface area contributed by atoms with Gasteiger partial charge in [0.2, 0.25) is 5.91 Å². The first-order chi connectivity index (χ1) is 11.5. The average Bonchev–Trinajstić information content (AvgIpc) is 3.13. The molecule has 1 aliphatic heterocycles. The van der Waals surface area contributed by atoms with Gasteiger partial charge in [-0.1, -0.05) is 0 Å². The minimum atomic E-state index is -0.844. The third-order valence-electron chi connectivity index (χ3n) is 3.38. The molecule has 3 rings (SSSR count). The molecule has 0 saturated carbocycles. The number of hydrogen-bond acceptors (Lipinski definition) is 5. The van der Waals surface area contributed by atoms with Crippen LogP contribution in [-0.4, -0.2) is 28.9 Å². The van der Waals surface area contributed by atoms with Gasteiger partial charge in [0.15, 0.2) is 0 Å². The van der Waals surface area contributed by atoms with Crippen LogP contribution in [0.3, 0.4) is 0 Å². The summed E-state index contributed by atoms with van der Waals surface area (Å²) in [7, 11) is 0. The summed E-state index contributed by atoms with van der Waals surface area (Å²) in [6, 6.07) is 4.54. The van der Waals surface area contributed by atoms with E-state index in [0.717, 1.165) is 5.56 Å². The second-order valence-corrected chi connectivity index (χ2v) is 6.07. The summed E-state index contributed by atoms with van der Waals surface area (Å²) < 4.78 is 12.9. The zero-order valence-electron chi connectivity index (χ0n) is 12.3. The predicted octanol–water partition coefficient (Wildman–Crippen LogP) is 1.16. The molecule has 2 heterocycles. The first-order valence-electron chi connectivity index (χ1n) is 7.09. The topological polar surface area (TPSA) is 100 Å². The highest BCUT2D eigenvalue weighted by Gasteiger charge is 2.31. The number of halogens is 1. The highest BCUT2D eigenvalue weighted by atomic mass is 32.1. The standard InChI is InChI=1S/C15H13FN4O3S/c16-9-3-1-8(2-4-9)11-7-24-13(18-11)6-17-12(21)5-10-14(22)20-15(23)19-10/h1-4,7,10H,5-6H2,(H,17,21)(H2,19,20,22,23)/t10-/m0/s1. The molecular formula is C15H13FN4O3S. The van der Waals surface area contributed by atoms with Gasteiger partial charge >= 0.3 is 6.03 Å². The summed E-state index contributed by atoms with van der Waals surface area (Å²) in [6.45, 7) is 0.215. The normalized spacial score (nSPS) is 16.6. The third kappa shape index (κ3) is 3.74. The Hall–Kier alpha value is -2.81. The second-order valence-electron chi connectivity index (χ2n) is 5.13. The summed E-state index contributed by atoms with van der Waals surface area (Å²) in [6.07, 6.45) is -0.131. The average molecular weight is 348 g/mol. The van der Waals surface area contributed by atoms with Crippen molar-refractivity contribution >= 4 is 29.2 Å². The fraction of sp³-hybridized carbons (Fsp3) is 0.200. The largest absolute Gasteiger partial charge is 0.350 e. The van der Waals surface area contributed by atoms with Crippen molar-refractivity contribution < 1.29 is 18.8 Å². The van der Waals surface area contributed by atoms with Crippen LogP contribution in [0.2, 0.25) is 0 Å². The van der Waals surface area contributed by atoms with Crippen LogP contribution in [0.15, 0.2) is 29.6 Å². The van der Waals surface area contributed by atoms with Gasteiger partial charge in [0.1, 0.15) is 16.9 Å². The van der Waals surface area contributed by atoms with E-state index in [2.05, 4.69) is 20.9 Å². The van der Waals surface area contributed by atoms with E-state index in [1.54, 1.807) is 12.1 Å². The number of urea groups is 1. The van der Waals surface area contributed by atoms with E-state index in [0.29, 0.717) is 10.7 Å². The van der Waals surface area contributed by atoms with E-state index < -0.39 is 18.0 Å². The van der Waals surface area contributed by atoms with E-state index in [1.807, 2.05) is 5.38 Å². The summed E-state index contributed by atoms with van der Waals surface area (Å²) in [5.74, 6) is -1.19. The molecule has 0 bridgehead atoms. The molecule has 124 valence electrons. The minimum Gasteiger partial charge on any atom is -0.350 e. The Morgan fingerprint density at radius 3 is 2.71 bits per heavy atom. The van der Waals surface area contributed by atoms with Gasteiger partial charge in [-0.05, 0) is 24.3 Å². The summed E-state index contributed by atoms with van der Waals surface area (Å²) in [4.78, 5) is 38.5. The van der Waals surface area contributed by atoms with Gasteiger partial charge in [-0.15, -0.1) is 11.3 Å². The van der Waals surface area contributed by atoms with Crippen molar-refractivity contribution in [2.24, 2.45) is 0 Å². The number of nitrogens with zero attached hydrogens (tertiary/aromatic N) is 1. The molecule has 1 aliphatic rings. The first-order valence-corrected chi connectivity index (χ1v) is 7.97. The minimum absolute atomic E-state index is 0.131. The van der Waals surface area contributed by atoms with E-state index in [-0.39, 0.29) is 24.7 Å². The maximum atomic E-state index is 12.9. The maximum absolute atomic E-state index is 12.9. The SMILES string of the molecule is O=C(C[C@@H]1NC(=O)NC1=O)NCc1nc(-c2ccc(F)cc2)cs1. The van der Waals surface area contributed by atoms with E-state index in [9.17, 15) is 18.8 Å². The van der Waals surface area contributed by atoms with Crippen molar-refractivity contribution in [2.75, 3.05) is 0 Å². The molecule has 2 aromatic rings. The summed E-state index contributed by atoms with van der Waals surface area (Å²) in [5.41, 5.74) is 1.49. The first kappa shape index (κ1) is 16.1. The Kier molecular flexibility index (Phi) is 4.52. The number of aromatic nitrogens is 1. The van der Waals surface area contributed by atoms with Gasteiger partial charge in [0.05, 0.1) is 18.7 Å². The molecule has 1 aromatic carbocycles. The van der Waals surface area contributed by atoms with Crippen LogP contribution < -0.4 is 16.0 Å². The molecule has 4 amide bonds.